The maximum absolute atomic E-state index is 11.9. The predicted octanol–water partition coefficient (Wildman–Crippen LogP) is 4.66. The number of aryl methyl sites for hydroxylation is 1. The minimum Gasteiger partial charge on any atom is -0.465 e. The van der Waals surface area contributed by atoms with E-state index in [9.17, 15) is 4.79 Å². The molecular formula is C23H17N3O2. The maximum atomic E-state index is 11.9. The molecule has 0 aliphatic rings. The van der Waals surface area contributed by atoms with Crippen LogP contribution in [0.15, 0.2) is 66.7 Å². The molecule has 1 aromatic heterocycles. The van der Waals surface area contributed by atoms with Gasteiger partial charge in [-0.1, -0.05) is 17.7 Å². The summed E-state index contributed by atoms with van der Waals surface area (Å²) in [5.41, 5.74) is 5.65. The molecule has 0 unspecified atom stereocenters. The van der Waals surface area contributed by atoms with Crippen molar-refractivity contribution in [2.75, 3.05) is 7.11 Å². The summed E-state index contributed by atoms with van der Waals surface area (Å²) in [5.74, 6) is 0.345. The van der Waals surface area contributed by atoms with Crippen molar-refractivity contribution >= 4 is 17.0 Å². The smallest absolute Gasteiger partial charge is 0.337 e. The van der Waals surface area contributed by atoms with Crippen LogP contribution in [0, 0.1) is 18.3 Å². The van der Waals surface area contributed by atoms with Crippen LogP contribution in [-0.2, 0) is 4.74 Å². The summed E-state index contributed by atoms with van der Waals surface area (Å²) in [4.78, 5) is 16.7. The van der Waals surface area contributed by atoms with Crippen molar-refractivity contribution in [3.8, 4) is 23.1 Å². The molecule has 1 heterocycles. The zero-order valence-corrected chi connectivity index (χ0v) is 15.5. The lowest BCUT2D eigenvalue weighted by Gasteiger charge is -2.10. The second kappa shape index (κ2) is 7.01. The summed E-state index contributed by atoms with van der Waals surface area (Å²) < 4.78 is 6.88. The van der Waals surface area contributed by atoms with E-state index in [0.29, 0.717) is 16.6 Å². The molecule has 0 amide bonds. The van der Waals surface area contributed by atoms with Gasteiger partial charge in [0.15, 0.2) is 0 Å². The zero-order valence-electron chi connectivity index (χ0n) is 15.5. The van der Waals surface area contributed by atoms with Crippen LogP contribution in [0.25, 0.3) is 28.1 Å². The Morgan fingerprint density at radius 2 is 1.75 bits per heavy atom. The van der Waals surface area contributed by atoms with E-state index in [2.05, 4.69) is 10.6 Å². The largest absolute Gasteiger partial charge is 0.465 e. The number of aromatic nitrogens is 2. The van der Waals surface area contributed by atoms with Crippen LogP contribution in [0.2, 0.25) is 0 Å². The van der Waals surface area contributed by atoms with Gasteiger partial charge in [0, 0.05) is 11.3 Å². The molecule has 4 rings (SSSR count). The van der Waals surface area contributed by atoms with Crippen LogP contribution in [-0.4, -0.2) is 22.6 Å². The van der Waals surface area contributed by atoms with E-state index >= 15 is 0 Å². The van der Waals surface area contributed by atoms with E-state index in [0.717, 1.165) is 22.6 Å². The standard InChI is InChI=1S/C23H17N3O2/c1-15-3-10-19(11-4-15)26-21-12-9-18(23(27)28-2)13-20(21)25-22(26)17-7-5-16(14-24)6-8-17/h3-13H,1-2H3. The van der Waals surface area contributed by atoms with Crippen LogP contribution >= 0.6 is 0 Å². The van der Waals surface area contributed by atoms with Crippen LogP contribution in [0.3, 0.4) is 0 Å². The summed E-state index contributed by atoms with van der Waals surface area (Å²) >= 11 is 0. The lowest BCUT2D eigenvalue weighted by Crippen LogP contribution is -2.01. The number of ether oxygens (including phenoxy) is 1. The van der Waals surface area contributed by atoms with Gasteiger partial charge in [-0.2, -0.15) is 5.26 Å². The molecule has 136 valence electrons. The first-order valence-electron chi connectivity index (χ1n) is 8.79. The molecule has 5 heteroatoms. The predicted molar refractivity (Wildman–Crippen MR) is 107 cm³/mol. The number of nitriles is 1. The van der Waals surface area contributed by atoms with Gasteiger partial charge < -0.3 is 4.74 Å². The monoisotopic (exact) mass is 367 g/mol. The third-order valence-electron chi connectivity index (χ3n) is 4.64. The number of hydrogen-bond acceptors (Lipinski definition) is 4. The molecule has 0 aliphatic carbocycles. The van der Waals surface area contributed by atoms with Gasteiger partial charge in [0.05, 0.1) is 35.3 Å². The normalized spacial score (nSPS) is 10.6. The second-order valence-corrected chi connectivity index (χ2v) is 6.49. The highest BCUT2D eigenvalue weighted by atomic mass is 16.5. The Balaban J connectivity index is 1.97. The summed E-state index contributed by atoms with van der Waals surface area (Å²) in [6.07, 6.45) is 0. The molecule has 0 N–H and O–H groups in total. The number of fused-ring (bicyclic) bond motifs is 1. The molecule has 0 radical (unpaired) electrons. The van der Waals surface area contributed by atoms with Crippen molar-refractivity contribution in [2.45, 2.75) is 6.92 Å². The molecular weight excluding hydrogens is 350 g/mol. The molecule has 5 nitrogen and oxygen atoms in total. The Kier molecular flexibility index (Phi) is 4.38. The quantitative estimate of drug-likeness (QED) is 0.494. The van der Waals surface area contributed by atoms with Crippen LogP contribution < -0.4 is 0 Å². The van der Waals surface area contributed by atoms with Gasteiger partial charge in [-0.25, -0.2) is 9.78 Å². The van der Waals surface area contributed by atoms with Crippen LogP contribution in [0.1, 0.15) is 21.5 Å². The number of carbonyl (C=O) groups excluding carboxylic acids is 1. The number of carbonyl (C=O) groups is 1. The van der Waals surface area contributed by atoms with Crippen molar-refractivity contribution in [1.82, 2.24) is 9.55 Å². The minimum absolute atomic E-state index is 0.397. The van der Waals surface area contributed by atoms with Crippen molar-refractivity contribution < 1.29 is 9.53 Å². The first-order valence-corrected chi connectivity index (χ1v) is 8.79. The molecule has 0 aliphatic heterocycles. The minimum atomic E-state index is -0.397. The van der Waals surface area contributed by atoms with Crippen molar-refractivity contribution in [3.63, 3.8) is 0 Å². The van der Waals surface area contributed by atoms with Crippen LogP contribution in [0.4, 0.5) is 0 Å². The molecule has 0 saturated carbocycles. The number of hydrogen-bond donors (Lipinski definition) is 0. The number of nitrogens with zero attached hydrogens (tertiary/aromatic N) is 3. The van der Waals surface area contributed by atoms with Crippen LogP contribution in [0.5, 0.6) is 0 Å². The fourth-order valence-electron chi connectivity index (χ4n) is 3.17. The fourth-order valence-corrected chi connectivity index (χ4v) is 3.17. The maximum Gasteiger partial charge on any atom is 0.337 e. The van der Waals surface area contributed by atoms with Crippen molar-refractivity contribution in [3.05, 3.63) is 83.4 Å². The molecule has 0 atom stereocenters. The highest BCUT2D eigenvalue weighted by molar-refractivity contribution is 5.95. The van der Waals surface area contributed by atoms with Gasteiger partial charge in [-0.15, -0.1) is 0 Å². The molecule has 0 fully saturated rings. The van der Waals surface area contributed by atoms with Gasteiger partial charge in [-0.05, 0) is 61.5 Å². The number of esters is 1. The van der Waals surface area contributed by atoms with E-state index in [-0.39, 0.29) is 0 Å². The lowest BCUT2D eigenvalue weighted by molar-refractivity contribution is 0.0601. The third kappa shape index (κ3) is 3.01. The molecule has 28 heavy (non-hydrogen) atoms. The Labute approximate surface area is 162 Å². The SMILES string of the molecule is COC(=O)c1ccc2c(c1)nc(-c1ccc(C#N)cc1)n2-c1ccc(C)cc1. The summed E-state index contributed by atoms with van der Waals surface area (Å²) in [6, 6.07) is 23.0. The summed E-state index contributed by atoms with van der Waals surface area (Å²) in [5, 5.41) is 9.06. The van der Waals surface area contributed by atoms with Gasteiger partial charge in [0.1, 0.15) is 5.82 Å². The summed E-state index contributed by atoms with van der Waals surface area (Å²) in [7, 11) is 1.36. The topological polar surface area (TPSA) is 67.9 Å². The first kappa shape index (κ1) is 17.5. The zero-order chi connectivity index (χ0) is 19.7. The van der Waals surface area contributed by atoms with Crippen molar-refractivity contribution in [1.29, 1.82) is 5.26 Å². The fraction of sp³-hybridized carbons (Fsp3) is 0.0870. The Bertz CT molecular complexity index is 1210. The lowest BCUT2D eigenvalue weighted by atomic mass is 10.1. The van der Waals surface area contributed by atoms with E-state index < -0.39 is 5.97 Å². The first-order chi connectivity index (χ1) is 13.6. The van der Waals surface area contributed by atoms with Gasteiger partial charge >= 0.3 is 5.97 Å². The number of benzene rings is 3. The van der Waals surface area contributed by atoms with E-state index in [1.54, 1.807) is 24.3 Å². The average molecular weight is 367 g/mol. The number of methoxy groups -OCH3 is 1. The Hall–Kier alpha value is -3.91. The van der Waals surface area contributed by atoms with E-state index in [1.807, 2.05) is 49.4 Å². The molecule has 3 aromatic carbocycles. The second-order valence-electron chi connectivity index (χ2n) is 6.49. The number of imidazole rings is 1. The van der Waals surface area contributed by atoms with Gasteiger partial charge in [0.2, 0.25) is 0 Å². The number of rotatable bonds is 3. The molecule has 0 spiro atoms. The average Bonchev–Trinajstić information content (AvgIpc) is 3.12. The van der Waals surface area contributed by atoms with E-state index in [4.69, 9.17) is 15.0 Å². The van der Waals surface area contributed by atoms with Gasteiger partial charge in [0.25, 0.3) is 0 Å². The van der Waals surface area contributed by atoms with E-state index in [1.165, 1.54) is 12.7 Å². The van der Waals surface area contributed by atoms with Crippen molar-refractivity contribution in [2.24, 2.45) is 0 Å². The third-order valence-corrected chi connectivity index (χ3v) is 4.64. The Morgan fingerprint density at radius 1 is 1.04 bits per heavy atom. The molecule has 4 aromatic rings. The Morgan fingerprint density at radius 3 is 2.39 bits per heavy atom. The highest BCUT2D eigenvalue weighted by Crippen LogP contribution is 2.29. The molecule has 0 bridgehead atoms. The summed E-state index contributed by atoms with van der Waals surface area (Å²) in [6.45, 7) is 2.04. The van der Waals surface area contributed by atoms with Gasteiger partial charge in [-0.3, -0.25) is 4.57 Å². The highest BCUT2D eigenvalue weighted by Gasteiger charge is 2.16. The molecule has 0 saturated heterocycles.